The highest BCUT2D eigenvalue weighted by atomic mass is 15.0. The van der Waals surface area contributed by atoms with Crippen LogP contribution in [0.5, 0.6) is 0 Å². The molecule has 2 nitrogen and oxygen atoms in total. The van der Waals surface area contributed by atoms with Gasteiger partial charge in [-0.1, -0.05) is 6.07 Å². The molecule has 3 rings (SSSR count). The van der Waals surface area contributed by atoms with Crippen LogP contribution in [0.25, 0.3) is 5.65 Å². The van der Waals surface area contributed by atoms with Crippen molar-refractivity contribution in [2.24, 2.45) is 0 Å². The molecule has 2 heteroatoms. The van der Waals surface area contributed by atoms with Crippen LogP contribution in [0.4, 0.5) is 0 Å². The fraction of sp³-hybridized carbons (Fsp3) is 0.364. The van der Waals surface area contributed by atoms with Crippen molar-refractivity contribution in [3.8, 4) is 0 Å². The van der Waals surface area contributed by atoms with Gasteiger partial charge in [-0.05, 0) is 31.4 Å². The summed E-state index contributed by atoms with van der Waals surface area (Å²) in [7, 11) is 0. The maximum Gasteiger partial charge on any atom is 0.139 e. The highest BCUT2D eigenvalue weighted by Crippen LogP contribution is 2.39. The average Bonchev–Trinajstić information content (AvgIpc) is 2.87. The summed E-state index contributed by atoms with van der Waals surface area (Å²) in [4.78, 5) is 4.64. The highest BCUT2D eigenvalue weighted by Gasteiger charge is 2.26. The lowest BCUT2D eigenvalue weighted by atomic mass is 10.3. The summed E-state index contributed by atoms with van der Waals surface area (Å²) in [6.07, 6.45) is 6.88. The minimum Gasteiger partial charge on any atom is -0.307 e. The Hall–Kier alpha value is -1.31. The molecule has 0 N–H and O–H groups in total. The van der Waals surface area contributed by atoms with Crippen molar-refractivity contribution in [3.05, 3.63) is 35.8 Å². The molecule has 1 aliphatic carbocycles. The van der Waals surface area contributed by atoms with Gasteiger partial charge in [-0.3, -0.25) is 0 Å². The fourth-order valence-electron chi connectivity index (χ4n) is 1.75. The Balaban J connectivity index is 2.26. The molecule has 0 amide bonds. The Morgan fingerprint density at radius 2 is 2.31 bits per heavy atom. The molecule has 13 heavy (non-hydrogen) atoms. The van der Waals surface area contributed by atoms with Crippen molar-refractivity contribution in [3.63, 3.8) is 0 Å². The molecule has 0 saturated heterocycles. The number of aryl methyl sites for hydroxylation is 1. The fourth-order valence-corrected chi connectivity index (χ4v) is 1.75. The van der Waals surface area contributed by atoms with Crippen LogP contribution in [-0.2, 0) is 0 Å². The minimum atomic E-state index is 0.749. The average molecular weight is 172 g/mol. The van der Waals surface area contributed by atoms with Crippen LogP contribution in [0.3, 0.4) is 0 Å². The number of fused-ring (bicyclic) bond motifs is 1. The maximum atomic E-state index is 4.64. The van der Waals surface area contributed by atoms with E-state index in [9.17, 15) is 0 Å². The van der Waals surface area contributed by atoms with Gasteiger partial charge in [0.25, 0.3) is 0 Å². The molecule has 0 bridgehead atoms. The SMILES string of the molecule is Cc1cccn2cc(C3CC3)nc12. The van der Waals surface area contributed by atoms with Gasteiger partial charge in [0.15, 0.2) is 0 Å². The van der Waals surface area contributed by atoms with E-state index in [0.29, 0.717) is 0 Å². The van der Waals surface area contributed by atoms with Crippen LogP contribution in [0.15, 0.2) is 24.5 Å². The molecular weight excluding hydrogens is 160 g/mol. The Labute approximate surface area is 77.2 Å². The Morgan fingerprint density at radius 3 is 3.00 bits per heavy atom. The smallest absolute Gasteiger partial charge is 0.139 e. The van der Waals surface area contributed by atoms with E-state index in [2.05, 4.69) is 40.8 Å². The topological polar surface area (TPSA) is 17.3 Å². The van der Waals surface area contributed by atoms with Crippen LogP contribution >= 0.6 is 0 Å². The lowest BCUT2D eigenvalue weighted by molar-refractivity contribution is 1.06. The molecule has 0 spiro atoms. The second-order valence-electron chi connectivity index (χ2n) is 3.86. The van der Waals surface area contributed by atoms with E-state index in [1.807, 2.05) is 0 Å². The lowest BCUT2D eigenvalue weighted by Crippen LogP contribution is -1.83. The lowest BCUT2D eigenvalue weighted by Gasteiger charge is -1.93. The van der Waals surface area contributed by atoms with Gasteiger partial charge in [0.1, 0.15) is 5.65 Å². The number of rotatable bonds is 1. The Morgan fingerprint density at radius 1 is 1.46 bits per heavy atom. The zero-order chi connectivity index (χ0) is 8.84. The van der Waals surface area contributed by atoms with E-state index in [0.717, 1.165) is 11.6 Å². The molecule has 0 aromatic carbocycles. The van der Waals surface area contributed by atoms with Gasteiger partial charge in [0, 0.05) is 18.3 Å². The Bertz CT molecular complexity index is 452. The van der Waals surface area contributed by atoms with E-state index in [-0.39, 0.29) is 0 Å². The summed E-state index contributed by atoms with van der Waals surface area (Å²) in [5.41, 5.74) is 3.65. The first-order chi connectivity index (χ1) is 6.34. The predicted molar refractivity (Wildman–Crippen MR) is 51.9 cm³/mol. The highest BCUT2D eigenvalue weighted by molar-refractivity contribution is 5.48. The van der Waals surface area contributed by atoms with Crippen molar-refractivity contribution in [1.29, 1.82) is 0 Å². The maximum absolute atomic E-state index is 4.64. The van der Waals surface area contributed by atoms with Crippen molar-refractivity contribution in [2.75, 3.05) is 0 Å². The zero-order valence-electron chi connectivity index (χ0n) is 7.70. The normalized spacial score (nSPS) is 16.7. The third-order valence-electron chi connectivity index (χ3n) is 2.69. The van der Waals surface area contributed by atoms with E-state index in [1.54, 1.807) is 0 Å². The summed E-state index contributed by atoms with van der Waals surface area (Å²) in [6.45, 7) is 2.11. The van der Waals surface area contributed by atoms with Gasteiger partial charge in [-0.25, -0.2) is 4.98 Å². The van der Waals surface area contributed by atoms with Gasteiger partial charge in [-0.2, -0.15) is 0 Å². The molecule has 2 aromatic heterocycles. The van der Waals surface area contributed by atoms with Crippen LogP contribution in [-0.4, -0.2) is 9.38 Å². The molecule has 0 unspecified atom stereocenters. The number of aromatic nitrogens is 2. The van der Waals surface area contributed by atoms with Gasteiger partial charge in [0.05, 0.1) is 5.69 Å². The van der Waals surface area contributed by atoms with Gasteiger partial charge >= 0.3 is 0 Å². The molecule has 0 radical (unpaired) electrons. The largest absolute Gasteiger partial charge is 0.307 e. The number of hydrogen-bond acceptors (Lipinski definition) is 1. The van der Waals surface area contributed by atoms with Crippen molar-refractivity contribution in [2.45, 2.75) is 25.7 Å². The number of hydrogen-bond donors (Lipinski definition) is 0. The standard InChI is InChI=1S/C11H12N2/c1-8-3-2-6-13-7-10(9-4-5-9)12-11(8)13/h2-3,6-7,9H,4-5H2,1H3. The molecule has 2 aromatic rings. The van der Waals surface area contributed by atoms with E-state index >= 15 is 0 Å². The van der Waals surface area contributed by atoms with Crippen LogP contribution in [0.1, 0.15) is 30.0 Å². The Kier molecular flexibility index (Phi) is 1.29. The molecule has 66 valence electrons. The monoisotopic (exact) mass is 172 g/mol. The van der Waals surface area contributed by atoms with Crippen molar-refractivity contribution < 1.29 is 0 Å². The van der Waals surface area contributed by atoms with Gasteiger partial charge < -0.3 is 4.40 Å². The number of pyridine rings is 1. The summed E-state index contributed by atoms with van der Waals surface area (Å²) in [5.74, 6) is 0.749. The first kappa shape index (κ1) is 7.13. The second-order valence-corrected chi connectivity index (χ2v) is 3.86. The van der Waals surface area contributed by atoms with E-state index in [1.165, 1.54) is 24.1 Å². The second kappa shape index (κ2) is 2.34. The molecule has 1 aliphatic rings. The summed E-state index contributed by atoms with van der Waals surface area (Å²) in [6, 6.07) is 4.18. The first-order valence-corrected chi connectivity index (χ1v) is 4.79. The summed E-state index contributed by atoms with van der Waals surface area (Å²) >= 11 is 0. The van der Waals surface area contributed by atoms with Crippen LogP contribution in [0, 0.1) is 6.92 Å². The zero-order valence-corrected chi connectivity index (χ0v) is 7.70. The van der Waals surface area contributed by atoms with Crippen molar-refractivity contribution >= 4 is 5.65 Å². The van der Waals surface area contributed by atoms with Gasteiger partial charge in [-0.15, -0.1) is 0 Å². The molecular formula is C11H12N2. The van der Waals surface area contributed by atoms with Crippen LogP contribution < -0.4 is 0 Å². The third-order valence-corrected chi connectivity index (χ3v) is 2.69. The summed E-state index contributed by atoms with van der Waals surface area (Å²) in [5, 5.41) is 0. The molecule has 1 fully saturated rings. The molecule has 0 aliphatic heterocycles. The van der Waals surface area contributed by atoms with Crippen molar-refractivity contribution in [1.82, 2.24) is 9.38 Å². The molecule has 0 atom stereocenters. The third kappa shape index (κ3) is 1.05. The first-order valence-electron chi connectivity index (χ1n) is 4.79. The minimum absolute atomic E-state index is 0.749. The predicted octanol–water partition coefficient (Wildman–Crippen LogP) is 2.52. The molecule has 1 saturated carbocycles. The van der Waals surface area contributed by atoms with Gasteiger partial charge in [0.2, 0.25) is 0 Å². The number of nitrogens with zero attached hydrogens (tertiary/aromatic N) is 2. The number of imidazole rings is 1. The van der Waals surface area contributed by atoms with Crippen LogP contribution in [0.2, 0.25) is 0 Å². The van der Waals surface area contributed by atoms with E-state index in [4.69, 9.17) is 0 Å². The quantitative estimate of drug-likeness (QED) is 0.646. The summed E-state index contributed by atoms with van der Waals surface area (Å²) < 4.78 is 2.13. The van der Waals surface area contributed by atoms with E-state index < -0.39 is 0 Å². The molecule has 2 heterocycles.